The van der Waals surface area contributed by atoms with E-state index < -0.39 is 9.84 Å². The molecule has 0 radical (unpaired) electrons. The molecule has 2 fully saturated rings. The highest BCUT2D eigenvalue weighted by atomic mass is 32.2. The zero-order valence-electron chi connectivity index (χ0n) is 16.9. The van der Waals surface area contributed by atoms with E-state index in [-0.39, 0.29) is 47.7 Å². The molecule has 160 valence electrons. The fraction of sp³-hybridized carbons (Fsp3) is 0.842. The number of esters is 1. The summed E-state index contributed by atoms with van der Waals surface area (Å²) in [6, 6.07) is 0. The summed E-state index contributed by atoms with van der Waals surface area (Å²) in [5.41, 5.74) is 0. The molecule has 0 aromatic rings. The Kier molecular flexibility index (Phi) is 8.27. The number of likely N-dealkylation sites (tertiary alicyclic amines) is 1. The summed E-state index contributed by atoms with van der Waals surface area (Å²) < 4.78 is 29.6. The summed E-state index contributed by atoms with van der Waals surface area (Å²) in [6.45, 7) is 2.79. The van der Waals surface area contributed by atoms with Crippen molar-refractivity contribution in [2.45, 2.75) is 57.1 Å². The van der Waals surface area contributed by atoms with Crippen molar-refractivity contribution in [1.29, 1.82) is 0 Å². The van der Waals surface area contributed by atoms with Crippen LogP contribution in [0.1, 0.15) is 51.9 Å². The lowest BCUT2D eigenvalue weighted by Gasteiger charge is -2.32. The standard InChI is InChI=1S/C19H32N2O6S/c1-3-27-19(24)15-7-6-11-21(13-15)18(23)14-20(2)17(22)10-12-28(25,26)16-8-4-5-9-16/h15-16H,3-14H2,1-2H3. The maximum absolute atomic E-state index is 12.5. The molecule has 0 bridgehead atoms. The van der Waals surface area contributed by atoms with Gasteiger partial charge in [0.1, 0.15) is 0 Å². The Labute approximate surface area is 167 Å². The van der Waals surface area contributed by atoms with Gasteiger partial charge in [-0.3, -0.25) is 14.4 Å². The van der Waals surface area contributed by atoms with Crippen LogP contribution in [-0.2, 0) is 29.0 Å². The van der Waals surface area contributed by atoms with Crippen molar-refractivity contribution in [2.75, 3.05) is 39.0 Å². The van der Waals surface area contributed by atoms with Crippen LogP contribution in [-0.4, -0.2) is 80.3 Å². The number of piperidine rings is 1. The first-order valence-corrected chi connectivity index (χ1v) is 11.9. The lowest BCUT2D eigenvalue weighted by molar-refractivity contribution is -0.152. The van der Waals surface area contributed by atoms with Gasteiger partial charge in [0, 0.05) is 26.6 Å². The fourth-order valence-corrected chi connectivity index (χ4v) is 5.73. The van der Waals surface area contributed by atoms with Gasteiger partial charge in [0.15, 0.2) is 9.84 Å². The zero-order chi connectivity index (χ0) is 20.7. The number of nitrogens with zero attached hydrogens (tertiary/aromatic N) is 2. The van der Waals surface area contributed by atoms with Gasteiger partial charge in [0.2, 0.25) is 11.8 Å². The van der Waals surface area contributed by atoms with Gasteiger partial charge >= 0.3 is 5.97 Å². The molecule has 1 aliphatic carbocycles. The minimum absolute atomic E-state index is 0.103. The molecular weight excluding hydrogens is 384 g/mol. The Balaban J connectivity index is 1.80. The highest BCUT2D eigenvalue weighted by Gasteiger charge is 2.31. The monoisotopic (exact) mass is 416 g/mol. The first kappa shape index (κ1) is 22.6. The second-order valence-corrected chi connectivity index (χ2v) is 10.1. The first-order valence-electron chi connectivity index (χ1n) is 10.1. The predicted octanol–water partition coefficient (Wildman–Crippen LogP) is 0.994. The second kappa shape index (κ2) is 10.2. The molecule has 0 aromatic carbocycles. The summed E-state index contributed by atoms with van der Waals surface area (Å²) in [5.74, 6) is -1.36. The largest absolute Gasteiger partial charge is 0.466 e. The van der Waals surface area contributed by atoms with E-state index in [9.17, 15) is 22.8 Å². The molecule has 2 rings (SSSR count). The van der Waals surface area contributed by atoms with Crippen molar-refractivity contribution in [3.63, 3.8) is 0 Å². The number of ether oxygens (including phenoxy) is 1. The molecule has 2 amide bonds. The van der Waals surface area contributed by atoms with Crippen LogP contribution in [0.25, 0.3) is 0 Å². The van der Waals surface area contributed by atoms with Gasteiger partial charge in [0.05, 0.1) is 30.1 Å². The molecule has 9 heteroatoms. The van der Waals surface area contributed by atoms with E-state index in [1.165, 1.54) is 11.9 Å². The summed E-state index contributed by atoms with van der Waals surface area (Å²) >= 11 is 0. The molecule has 2 aliphatic rings. The van der Waals surface area contributed by atoms with Gasteiger partial charge in [-0.15, -0.1) is 0 Å². The summed E-state index contributed by atoms with van der Waals surface area (Å²) in [6.07, 6.45) is 4.52. The Hall–Kier alpha value is -1.64. The third-order valence-corrected chi connectivity index (χ3v) is 7.86. The number of rotatable bonds is 8. The van der Waals surface area contributed by atoms with Crippen LogP contribution in [0.5, 0.6) is 0 Å². The van der Waals surface area contributed by atoms with Crippen LogP contribution in [0.4, 0.5) is 0 Å². The third-order valence-electron chi connectivity index (χ3n) is 5.60. The van der Waals surface area contributed by atoms with Gasteiger partial charge in [0.25, 0.3) is 0 Å². The maximum atomic E-state index is 12.5. The normalized spacial score (nSPS) is 20.8. The molecule has 1 saturated heterocycles. The maximum Gasteiger partial charge on any atom is 0.310 e. The average Bonchev–Trinajstić information content (AvgIpc) is 3.22. The smallest absolute Gasteiger partial charge is 0.310 e. The van der Waals surface area contributed by atoms with Crippen molar-refractivity contribution in [3.8, 4) is 0 Å². The van der Waals surface area contributed by atoms with Crippen molar-refractivity contribution in [1.82, 2.24) is 9.80 Å². The van der Waals surface area contributed by atoms with E-state index in [2.05, 4.69) is 0 Å². The minimum Gasteiger partial charge on any atom is -0.466 e. The quantitative estimate of drug-likeness (QED) is 0.547. The number of sulfone groups is 1. The Bertz CT molecular complexity index is 672. The molecule has 1 atom stereocenters. The molecule has 1 unspecified atom stereocenters. The Morgan fingerprint density at radius 3 is 2.43 bits per heavy atom. The minimum atomic E-state index is -3.25. The number of hydrogen-bond acceptors (Lipinski definition) is 6. The van der Waals surface area contributed by atoms with E-state index in [0.717, 1.165) is 12.8 Å². The highest BCUT2D eigenvalue weighted by Crippen LogP contribution is 2.25. The Morgan fingerprint density at radius 2 is 1.79 bits per heavy atom. The third kappa shape index (κ3) is 6.18. The van der Waals surface area contributed by atoms with Gasteiger partial charge in [-0.2, -0.15) is 0 Å². The topological polar surface area (TPSA) is 101 Å². The number of carbonyl (C=O) groups is 3. The van der Waals surface area contributed by atoms with Crippen LogP contribution in [0.3, 0.4) is 0 Å². The first-order chi connectivity index (χ1) is 13.2. The molecule has 1 aliphatic heterocycles. The van der Waals surface area contributed by atoms with Gasteiger partial charge in [-0.05, 0) is 32.6 Å². The molecule has 0 spiro atoms. The molecule has 8 nitrogen and oxygen atoms in total. The van der Waals surface area contributed by atoms with Crippen LogP contribution in [0.2, 0.25) is 0 Å². The van der Waals surface area contributed by atoms with Crippen LogP contribution in [0, 0.1) is 5.92 Å². The number of amides is 2. The lowest BCUT2D eigenvalue weighted by Crippen LogP contribution is -2.47. The number of likely N-dealkylation sites (N-methyl/N-ethyl adjacent to an activating group) is 1. The zero-order valence-corrected chi connectivity index (χ0v) is 17.7. The highest BCUT2D eigenvalue weighted by molar-refractivity contribution is 7.92. The van der Waals surface area contributed by atoms with Crippen molar-refractivity contribution >= 4 is 27.6 Å². The van der Waals surface area contributed by atoms with Crippen LogP contribution < -0.4 is 0 Å². The van der Waals surface area contributed by atoms with Crippen LogP contribution in [0.15, 0.2) is 0 Å². The van der Waals surface area contributed by atoms with E-state index in [4.69, 9.17) is 4.74 Å². The SMILES string of the molecule is CCOC(=O)C1CCCN(C(=O)CN(C)C(=O)CCS(=O)(=O)C2CCCC2)C1. The van der Waals surface area contributed by atoms with E-state index in [1.54, 1.807) is 11.8 Å². The summed E-state index contributed by atoms with van der Waals surface area (Å²) in [7, 11) is -1.74. The van der Waals surface area contributed by atoms with E-state index >= 15 is 0 Å². The molecule has 1 saturated carbocycles. The van der Waals surface area contributed by atoms with Gasteiger partial charge in [-0.1, -0.05) is 12.8 Å². The van der Waals surface area contributed by atoms with Crippen molar-refractivity contribution in [2.24, 2.45) is 5.92 Å². The molecule has 0 aromatic heterocycles. The lowest BCUT2D eigenvalue weighted by atomic mass is 9.98. The van der Waals surface area contributed by atoms with E-state index in [1.807, 2.05) is 0 Å². The molecule has 28 heavy (non-hydrogen) atoms. The van der Waals surface area contributed by atoms with Crippen molar-refractivity contribution < 1.29 is 27.5 Å². The van der Waals surface area contributed by atoms with Crippen LogP contribution >= 0.6 is 0 Å². The predicted molar refractivity (Wildman–Crippen MR) is 104 cm³/mol. The van der Waals surface area contributed by atoms with Gasteiger partial charge in [-0.25, -0.2) is 8.42 Å². The van der Waals surface area contributed by atoms with Gasteiger partial charge < -0.3 is 14.5 Å². The Morgan fingerprint density at radius 1 is 1.11 bits per heavy atom. The van der Waals surface area contributed by atoms with E-state index in [0.29, 0.717) is 45.4 Å². The number of carbonyl (C=O) groups excluding carboxylic acids is 3. The molecule has 0 N–H and O–H groups in total. The summed E-state index contributed by atoms with van der Waals surface area (Å²) in [4.78, 5) is 39.6. The summed E-state index contributed by atoms with van der Waals surface area (Å²) in [5, 5.41) is -0.319. The fourth-order valence-electron chi connectivity index (χ4n) is 3.88. The second-order valence-electron chi connectivity index (χ2n) is 7.70. The average molecular weight is 417 g/mol. The molecular formula is C19H32N2O6S. The molecule has 1 heterocycles. The van der Waals surface area contributed by atoms with Crippen molar-refractivity contribution in [3.05, 3.63) is 0 Å². The number of hydrogen-bond donors (Lipinski definition) is 0.